The number of aliphatic hydroxyl groups excluding tert-OH is 1. The second kappa shape index (κ2) is 5.61. The molecular weight excluding hydrogens is 349 g/mol. The van der Waals surface area contributed by atoms with Crippen LogP contribution in [0.15, 0.2) is 54.6 Å². The summed E-state index contributed by atoms with van der Waals surface area (Å²) in [6.45, 7) is 1.51. The molecule has 1 fully saturated rings. The van der Waals surface area contributed by atoms with E-state index in [9.17, 15) is 5.11 Å². The molecule has 98 valence electrons. The van der Waals surface area contributed by atoms with E-state index >= 15 is 0 Å². The predicted octanol–water partition coefficient (Wildman–Crippen LogP) is 3.06. The highest BCUT2D eigenvalue weighted by Crippen LogP contribution is 2.32. The summed E-state index contributed by atoms with van der Waals surface area (Å²) in [4.78, 5) is 2.32. The summed E-state index contributed by atoms with van der Waals surface area (Å²) in [5.74, 6) is 0. The van der Waals surface area contributed by atoms with Gasteiger partial charge in [-0.05, 0) is 45.9 Å². The monoisotopic (exact) mass is 365 g/mol. The van der Waals surface area contributed by atoms with Gasteiger partial charge in [0.15, 0.2) is 0 Å². The van der Waals surface area contributed by atoms with Crippen molar-refractivity contribution in [1.29, 1.82) is 0 Å². The van der Waals surface area contributed by atoms with Gasteiger partial charge in [0.05, 0.1) is 12.1 Å². The van der Waals surface area contributed by atoms with Crippen LogP contribution in [-0.4, -0.2) is 29.2 Å². The van der Waals surface area contributed by atoms with Gasteiger partial charge in [0.25, 0.3) is 0 Å². The lowest BCUT2D eigenvalue weighted by Gasteiger charge is -2.42. The molecule has 1 atom stereocenters. The maximum atomic E-state index is 9.56. The first-order valence-corrected chi connectivity index (χ1v) is 7.54. The first kappa shape index (κ1) is 13.1. The Hall–Kier alpha value is -0.910. The van der Waals surface area contributed by atoms with Gasteiger partial charge in [-0.2, -0.15) is 0 Å². The largest absolute Gasteiger partial charge is 0.390 e. The third-order valence-electron chi connectivity index (χ3n) is 3.56. The average molecular weight is 365 g/mol. The van der Waals surface area contributed by atoms with Crippen molar-refractivity contribution in [2.24, 2.45) is 0 Å². The molecule has 0 spiro atoms. The Labute approximate surface area is 127 Å². The average Bonchev–Trinajstić information content (AvgIpc) is 2.40. The van der Waals surface area contributed by atoms with Crippen LogP contribution in [0.5, 0.6) is 0 Å². The lowest BCUT2D eigenvalue weighted by atomic mass is 9.94. The van der Waals surface area contributed by atoms with Crippen LogP contribution in [0.2, 0.25) is 0 Å². The van der Waals surface area contributed by atoms with E-state index in [0.29, 0.717) is 0 Å². The number of rotatable bonds is 3. The van der Waals surface area contributed by atoms with E-state index < -0.39 is 0 Å². The summed E-state index contributed by atoms with van der Waals surface area (Å²) in [5, 5.41) is 9.56. The molecule has 3 heteroatoms. The molecule has 0 radical (unpaired) electrons. The minimum absolute atomic E-state index is 0.171. The zero-order valence-corrected chi connectivity index (χ0v) is 12.7. The number of hydrogen-bond donors (Lipinski definition) is 1. The lowest BCUT2D eigenvalue weighted by molar-refractivity contribution is -0.0160. The van der Waals surface area contributed by atoms with Crippen LogP contribution in [-0.2, 0) is 0 Å². The quantitative estimate of drug-likeness (QED) is 0.846. The van der Waals surface area contributed by atoms with E-state index in [1.807, 2.05) is 6.07 Å². The van der Waals surface area contributed by atoms with Crippen molar-refractivity contribution in [3.05, 3.63) is 69.3 Å². The van der Waals surface area contributed by atoms with Crippen LogP contribution in [0, 0.1) is 3.57 Å². The van der Waals surface area contributed by atoms with E-state index in [1.54, 1.807) is 0 Å². The van der Waals surface area contributed by atoms with Crippen molar-refractivity contribution in [1.82, 2.24) is 4.90 Å². The van der Waals surface area contributed by atoms with Crippen LogP contribution in [0.4, 0.5) is 0 Å². The minimum atomic E-state index is -0.171. The maximum Gasteiger partial charge on any atom is 0.0794 e. The van der Waals surface area contributed by atoms with Crippen molar-refractivity contribution in [2.75, 3.05) is 13.1 Å². The fourth-order valence-corrected chi connectivity index (χ4v) is 2.95. The molecule has 1 heterocycles. The summed E-state index contributed by atoms with van der Waals surface area (Å²) in [5.41, 5.74) is 2.58. The molecule has 1 aliphatic heterocycles. The van der Waals surface area contributed by atoms with Gasteiger partial charge in [-0.1, -0.05) is 42.5 Å². The molecular formula is C16H16INO. The number of halogens is 1. The highest BCUT2D eigenvalue weighted by Gasteiger charge is 2.32. The van der Waals surface area contributed by atoms with Crippen LogP contribution in [0.3, 0.4) is 0 Å². The zero-order valence-electron chi connectivity index (χ0n) is 10.5. The molecule has 1 aliphatic rings. The third-order valence-corrected chi connectivity index (χ3v) is 4.28. The van der Waals surface area contributed by atoms with Gasteiger partial charge in [-0.15, -0.1) is 0 Å². The molecule has 2 aromatic rings. The Morgan fingerprint density at radius 3 is 2.11 bits per heavy atom. The molecule has 2 aromatic carbocycles. The van der Waals surface area contributed by atoms with E-state index in [1.165, 1.54) is 14.7 Å². The topological polar surface area (TPSA) is 23.5 Å². The van der Waals surface area contributed by atoms with E-state index in [0.717, 1.165) is 13.1 Å². The number of aliphatic hydroxyl groups is 1. The first-order valence-electron chi connectivity index (χ1n) is 6.46. The molecule has 3 rings (SSSR count). The smallest absolute Gasteiger partial charge is 0.0794 e. The van der Waals surface area contributed by atoms with Gasteiger partial charge >= 0.3 is 0 Å². The van der Waals surface area contributed by atoms with Crippen molar-refractivity contribution in [2.45, 2.75) is 12.1 Å². The van der Waals surface area contributed by atoms with Gasteiger partial charge in [-0.25, -0.2) is 0 Å². The van der Waals surface area contributed by atoms with Crippen molar-refractivity contribution < 1.29 is 5.11 Å². The molecule has 1 saturated heterocycles. The highest BCUT2D eigenvalue weighted by atomic mass is 127. The number of likely N-dealkylation sites (tertiary alicyclic amines) is 1. The Balaban J connectivity index is 1.95. The molecule has 19 heavy (non-hydrogen) atoms. The molecule has 0 amide bonds. The standard InChI is InChI=1S/C16H16INO/c17-14-8-6-13(7-9-14)16(18-10-15(19)11-18)12-4-2-1-3-5-12/h1-9,15-16,19H,10-11H2. The van der Waals surface area contributed by atoms with Gasteiger partial charge in [0.2, 0.25) is 0 Å². The molecule has 2 nitrogen and oxygen atoms in total. The molecule has 0 aliphatic carbocycles. The summed E-state index contributed by atoms with van der Waals surface area (Å²) in [7, 11) is 0. The molecule has 1 unspecified atom stereocenters. The van der Waals surface area contributed by atoms with Crippen LogP contribution < -0.4 is 0 Å². The Morgan fingerprint density at radius 1 is 0.947 bits per heavy atom. The second-order valence-corrected chi connectivity index (χ2v) is 6.22. The SMILES string of the molecule is OC1CN(C(c2ccccc2)c2ccc(I)cc2)C1. The van der Waals surface area contributed by atoms with Crippen LogP contribution >= 0.6 is 22.6 Å². The van der Waals surface area contributed by atoms with Gasteiger partial charge < -0.3 is 5.11 Å². The number of β-amino-alcohol motifs (C(OH)–C–C–N with tert-alkyl or cyclic N) is 1. The predicted molar refractivity (Wildman–Crippen MR) is 85.0 cm³/mol. The summed E-state index contributed by atoms with van der Waals surface area (Å²) in [6.07, 6.45) is -0.171. The third kappa shape index (κ3) is 2.83. The van der Waals surface area contributed by atoms with Gasteiger partial charge in [0, 0.05) is 16.7 Å². The molecule has 0 aromatic heterocycles. The van der Waals surface area contributed by atoms with Gasteiger partial charge in [-0.3, -0.25) is 4.90 Å². The van der Waals surface area contributed by atoms with Gasteiger partial charge in [0.1, 0.15) is 0 Å². The fraction of sp³-hybridized carbons (Fsp3) is 0.250. The molecule has 0 saturated carbocycles. The normalized spacial score (nSPS) is 18.0. The Kier molecular flexibility index (Phi) is 3.86. The van der Waals surface area contributed by atoms with E-state index in [2.05, 4.69) is 76.0 Å². The molecule has 0 bridgehead atoms. The second-order valence-electron chi connectivity index (χ2n) is 4.97. The van der Waals surface area contributed by atoms with Crippen LogP contribution in [0.25, 0.3) is 0 Å². The lowest BCUT2D eigenvalue weighted by Crippen LogP contribution is -2.52. The van der Waals surface area contributed by atoms with Crippen molar-refractivity contribution in [3.63, 3.8) is 0 Å². The highest BCUT2D eigenvalue weighted by molar-refractivity contribution is 14.1. The number of benzene rings is 2. The van der Waals surface area contributed by atoms with E-state index in [4.69, 9.17) is 0 Å². The van der Waals surface area contributed by atoms with Crippen molar-refractivity contribution >= 4 is 22.6 Å². The maximum absolute atomic E-state index is 9.56. The molecule has 1 N–H and O–H groups in total. The number of nitrogens with zero attached hydrogens (tertiary/aromatic N) is 1. The summed E-state index contributed by atoms with van der Waals surface area (Å²) >= 11 is 2.32. The zero-order chi connectivity index (χ0) is 13.2. The summed E-state index contributed by atoms with van der Waals surface area (Å²) < 4.78 is 1.25. The van der Waals surface area contributed by atoms with Crippen molar-refractivity contribution in [3.8, 4) is 0 Å². The Bertz CT molecular complexity index is 534. The Morgan fingerprint density at radius 2 is 1.53 bits per heavy atom. The summed E-state index contributed by atoms with van der Waals surface area (Å²) in [6, 6.07) is 19.4. The van der Waals surface area contributed by atoms with E-state index in [-0.39, 0.29) is 12.1 Å². The van der Waals surface area contributed by atoms with Crippen LogP contribution in [0.1, 0.15) is 17.2 Å². The number of hydrogen-bond acceptors (Lipinski definition) is 2. The minimum Gasteiger partial charge on any atom is -0.390 e. The first-order chi connectivity index (χ1) is 9.24. The fourth-order valence-electron chi connectivity index (χ4n) is 2.59.